The number of benzene rings is 1. The number of hydrogen-bond acceptors (Lipinski definition) is 4. The molecule has 0 bridgehead atoms. The molecule has 2 N–H and O–H groups in total. The first-order valence-corrected chi connectivity index (χ1v) is 7.97. The largest absolute Gasteiger partial charge is 0.494 e. The second-order valence-electron chi connectivity index (χ2n) is 4.73. The second-order valence-corrected chi connectivity index (χ2v) is 6.29. The van der Waals surface area contributed by atoms with Gasteiger partial charge in [0.25, 0.3) is 0 Å². The maximum atomic E-state index is 13.7. The molecule has 110 valence electrons. The van der Waals surface area contributed by atoms with Crippen LogP contribution in [0.25, 0.3) is 11.0 Å². The zero-order chi connectivity index (χ0) is 14.9. The summed E-state index contributed by atoms with van der Waals surface area (Å²) in [6, 6.07) is 2.93. The number of nitrogen functional groups attached to an aromatic ring is 1. The highest BCUT2D eigenvalue weighted by Crippen LogP contribution is 2.29. The fourth-order valence-electron chi connectivity index (χ4n) is 2.20. The lowest BCUT2D eigenvalue weighted by atomic mass is 10.2. The molecule has 0 aliphatic rings. The second kappa shape index (κ2) is 5.78. The van der Waals surface area contributed by atoms with Crippen molar-refractivity contribution in [3.05, 3.63) is 17.9 Å². The summed E-state index contributed by atoms with van der Waals surface area (Å²) in [7, 11) is 0.558. The molecule has 1 heterocycles. The van der Waals surface area contributed by atoms with Gasteiger partial charge in [0.2, 0.25) is 5.95 Å². The fourth-order valence-corrected chi connectivity index (χ4v) is 2.87. The minimum Gasteiger partial charge on any atom is -0.494 e. The molecule has 7 heteroatoms. The smallest absolute Gasteiger partial charge is 0.201 e. The standard InChI is InChI=1S/C13H18FN3O2S/c1-8(4-5-20(3)18)17-11-7-12(19-2)9(14)6-10(11)16-13(17)15/h6-8H,4-5H2,1-3H3,(H2,15,16). The molecule has 1 aromatic heterocycles. The predicted molar refractivity (Wildman–Crippen MR) is 78.9 cm³/mol. The number of nitrogens with two attached hydrogens (primary N) is 1. The number of fused-ring (bicyclic) bond motifs is 1. The van der Waals surface area contributed by atoms with E-state index >= 15 is 0 Å². The summed E-state index contributed by atoms with van der Waals surface area (Å²) in [6.45, 7) is 1.97. The van der Waals surface area contributed by atoms with Gasteiger partial charge >= 0.3 is 0 Å². The van der Waals surface area contributed by atoms with Crippen LogP contribution in [-0.2, 0) is 10.8 Å². The van der Waals surface area contributed by atoms with E-state index in [1.807, 2.05) is 11.5 Å². The molecule has 1 aromatic carbocycles. The molecule has 0 aliphatic carbocycles. The molecule has 2 atom stereocenters. The highest BCUT2D eigenvalue weighted by atomic mass is 32.2. The van der Waals surface area contributed by atoms with Crippen molar-refractivity contribution in [3.63, 3.8) is 0 Å². The lowest BCUT2D eigenvalue weighted by Crippen LogP contribution is -2.11. The van der Waals surface area contributed by atoms with E-state index in [9.17, 15) is 8.60 Å². The van der Waals surface area contributed by atoms with Crippen molar-refractivity contribution in [2.75, 3.05) is 24.9 Å². The van der Waals surface area contributed by atoms with Gasteiger partial charge in [-0.1, -0.05) is 0 Å². The Labute approximate surface area is 119 Å². The van der Waals surface area contributed by atoms with Crippen molar-refractivity contribution in [1.29, 1.82) is 0 Å². The van der Waals surface area contributed by atoms with Crippen molar-refractivity contribution in [1.82, 2.24) is 9.55 Å². The third-order valence-corrected chi connectivity index (χ3v) is 4.06. The Balaban J connectivity index is 2.46. The van der Waals surface area contributed by atoms with Gasteiger partial charge in [0, 0.05) is 41.0 Å². The molecule has 2 aromatic rings. The summed E-state index contributed by atoms with van der Waals surface area (Å²) in [5.74, 6) is 0.595. The zero-order valence-corrected chi connectivity index (χ0v) is 12.5. The van der Waals surface area contributed by atoms with E-state index in [2.05, 4.69) is 4.98 Å². The van der Waals surface area contributed by atoms with E-state index in [0.29, 0.717) is 23.6 Å². The van der Waals surface area contributed by atoms with E-state index in [4.69, 9.17) is 10.5 Å². The average molecular weight is 299 g/mol. The Morgan fingerprint density at radius 2 is 2.25 bits per heavy atom. The molecule has 0 saturated heterocycles. The van der Waals surface area contributed by atoms with Crippen molar-refractivity contribution in [2.45, 2.75) is 19.4 Å². The fraction of sp³-hybridized carbons (Fsp3) is 0.462. The SMILES string of the molecule is COc1cc2c(cc1F)nc(N)n2C(C)CCS(C)=O. The molecular weight excluding hydrogens is 281 g/mol. The molecule has 2 unspecified atom stereocenters. The highest BCUT2D eigenvalue weighted by molar-refractivity contribution is 7.84. The Kier molecular flexibility index (Phi) is 4.27. The zero-order valence-electron chi connectivity index (χ0n) is 11.7. The van der Waals surface area contributed by atoms with Gasteiger partial charge in [0.1, 0.15) is 0 Å². The molecular formula is C13H18FN3O2S. The summed E-state index contributed by atoms with van der Waals surface area (Å²) in [4.78, 5) is 4.17. The van der Waals surface area contributed by atoms with Gasteiger partial charge in [0.05, 0.1) is 18.1 Å². The maximum Gasteiger partial charge on any atom is 0.201 e. The summed E-state index contributed by atoms with van der Waals surface area (Å²) >= 11 is 0. The van der Waals surface area contributed by atoms with Crippen molar-refractivity contribution in [2.24, 2.45) is 0 Å². The Hall–Kier alpha value is -1.63. The minimum absolute atomic E-state index is 0.0269. The van der Waals surface area contributed by atoms with Gasteiger partial charge in [-0.3, -0.25) is 4.21 Å². The molecule has 0 aliphatic heterocycles. The van der Waals surface area contributed by atoms with Crippen LogP contribution in [-0.4, -0.2) is 32.9 Å². The number of methoxy groups -OCH3 is 1. The number of nitrogens with zero attached hydrogens (tertiary/aromatic N) is 2. The molecule has 2 rings (SSSR count). The first-order chi connectivity index (χ1) is 9.43. The molecule has 5 nitrogen and oxygen atoms in total. The van der Waals surface area contributed by atoms with E-state index in [0.717, 1.165) is 5.52 Å². The van der Waals surface area contributed by atoms with Gasteiger partial charge in [-0.15, -0.1) is 0 Å². The van der Waals surface area contributed by atoms with Gasteiger partial charge in [-0.2, -0.15) is 0 Å². The Bertz CT molecular complexity index is 657. The number of ether oxygens (including phenoxy) is 1. The molecule has 0 fully saturated rings. The number of hydrogen-bond donors (Lipinski definition) is 1. The summed E-state index contributed by atoms with van der Waals surface area (Å²) in [6.07, 6.45) is 2.37. The number of aromatic nitrogens is 2. The third-order valence-electron chi connectivity index (χ3n) is 3.25. The Morgan fingerprint density at radius 1 is 1.55 bits per heavy atom. The van der Waals surface area contributed by atoms with Gasteiger partial charge in [-0.25, -0.2) is 9.37 Å². The monoisotopic (exact) mass is 299 g/mol. The summed E-state index contributed by atoms with van der Waals surface area (Å²) < 4.78 is 31.7. The number of rotatable bonds is 5. The van der Waals surface area contributed by atoms with E-state index < -0.39 is 16.6 Å². The van der Waals surface area contributed by atoms with Crippen molar-refractivity contribution in [3.8, 4) is 5.75 Å². The van der Waals surface area contributed by atoms with E-state index in [-0.39, 0.29) is 11.8 Å². The van der Waals surface area contributed by atoms with Gasteiger partial charge in [-0.05, 0) is 13.3 Å². The number of anilines is 1. The van der Waals surface area contributed by atoms with Crippen LogP contribution in [0.1, 0.15) is 19.4 Å². The summed E-state index contributed by atoms with van der Waals surface area (Å²) in [5, 5.41) is 0. The van der Waals surface area contributed by atoms with Crippen LogP contribution in [0.4, 0.5) is 10.3 Å². The van der Waals surface area contributed by atoms with Gasteiger partial charge < -0.3 is 15.0 Å². The topological polar surface area (TPSA) is 70.1 Å². The molecule has 0 spiro atoms. The Morgan fingerprint density at radius 3 is 2.85 bits per heavy atom. The van der Waals surface area contributed by atoms with Crippen LogP contribution >= 0.6 is 0 Å². The lowest BCUT2D eigenvalue weighted by Gasteiger charge is -2.15. The van der Waals surface area contributed by atoms with Crippen molar-refractivity contribution >= 4 is 27.8 Å². The first-order valence-electron chi connectivity index (χ1n) is 6.25. The van der Waals surface area contributed by atoms with E-state index in [1.54, 1.807) is 12.3 Å². The van der Waals surface area contributed by atoms with Crippen LogP contribution in [0, 0.1) is 5.82 Å². The van der Waals surface area contributed by atoms with Gasteiger partial charge in [0.15, 0.2) is 11.6 Å². The molecule has 20 heavy (non-hydrogen) atoms. The van der Waals surface area contributed by atoms with Crippen molar-refractivity contribution < 1.29 is 13.3 Å². The molecule has 0 radical (unpaired) electrons. The van der Waals surface area contributed by atoms with Crippen LogP contribution in [0.2, 0.25) is 0 Å². The molecule has 0 amide bonds. The van der Waals surface area contributed by atoms with Crippen LogP contribution in [0.15, 0.2) is 12.1 Å². The lowest BCUT2D eigenvalue weighted by molar-refractivity contribution is 0.387. The van der Waals surface area contributed by atoms with Crippen LogP contribution in [0.5, 0.6) is 5.75 Å². The van der Waals surface area contributed by atoms with Crippen LogP contribution in [0.3, 0.4) is 0 Å². The maximum absolute atomic E-state index is 13.7. The predicted octanol–water partition coefficient (Wildman–Crippen LogP) is 2.10. The molecule has 0 saturated carbocycles. The normalized spacial score (nSPS) is 14.4. The number of imidazole rings is 1. The first kappa shape index (κ1) is 14.8. The number of halogens is 1. The van der Waals surface area contributed by atoms with Crippen LogP contribution < -0.4 is 10.5 Å². The highest BCUT2D eigenvalue weighted by Gasteiger charge is 2.17. The van der Waals surface area contributed by atoms with E-state index in [1.165, 1.54) is 13.2 Å². The summed E-state index contributed by atoms with van der Waals surface area (Å²) in [5.41, 5.74) is 7.12. The quantitative estimate of drug-likeness (QED) is 0.918. The minimum atomic E-state index is -0.857. The third kappa shape index (κ3) is 2.77. The average Bonchev–Trinajstić information content (AvgIpc) is 2.69.